The molecule has 2 fully saturated rings. The van der Waals surface area contributed by atoms with Gasteiger partial charge in [0, 0.05) is 176 Å². The van der Waals surface area contributed by atoms with Gasteiger partial charge >= 0.3 is 0 Å². The first-order chi connectivity index (χ1) is 53.3. The number of carbonyl (C=O) groups is 1. The number of piperidine rings is 1. The number of fused-ring (bicyclic) bond motifs is 3. The Morgan fingerprint density at radius 3 is 1.32 bits per heavy atom. The number of rotatable bonds is 26. The lowest BCUT2D eigenvalue weighted by Crippen LogP contribution is -2.42. The molecule has 27 nitrogen and oxygen atoms in total. The number of hydrogen-bond acceptors (Lipinski definition) is 23. The molecule has 1 saturated carbocycles. The Morgan fingerprint density at radius 1 is 0.518 bits per heavy atom. The number of hydrogen-bond donors (Lipinski definition) is 3. The predicted octanol–water partition coefficient (Wildman–Crippen LogP) is 13.9. The van der Waals surface area contributed by atoms with Crippen molar-refractivity contribution in [3.63, 3.8) is 0 Å². The van der Waals surface area contributed by atoms with Crippen LogP contribution in [0.2, 0.25) is 0 Å². The van der Waals surface area contributed by atoms with E-state index in [0.29, 0.717) is 53.4 Å². The van der Waals surface area contributed by atoms with Crippen LogP contribution in [0.15, 0.2) is 170 Å². The van der Waals surface area contributed by atoms with Gasteiger partial charge in [-0.05, 0) is 119 Å². The van der Waals surface area contributed by atoms with Crippen LogP contribution in [0.25, 0.3) is 66.9 Å². The van der Waals surface area contributed by atoms with E-state index < -0.39 is 0 Å². The van der Waals surface area contributed by atoms with Gasteiger partial charge in [-0.25, -0.2) is 15.0 Å². The molecule has 1 aliphatic carbocycles. The molecule has 12 aromatic rings. The second-order valence-corrected chi connectivity index (χ2v) is 28.3. The number of benzene rings is 6. The average molecular weight is 1490 g/mol. The van der Waals surface area contributed by atoms with E-state index in [4.69, 9.17) is 49.1 Å². The Kier molecular flexibility index (Phi) is 25.3. The van der Waals surface area contributed by atoms with Gasteiger partial charge in [0.15, 0.2) is 0 Å². The van der Waals surface area contributed by atoms with Gasteiger partial charge in [0.1, 0.15) is 34.5 Å². The summed E-state index contributed by atoms with van der Waals surface area (Å²) in [5.41, 5.74) is 22.0. The molecule has 2 aliphatic rings. The summed E-state index contributed by atoms with van der Waals surface area (Å²) in [6, 6.07) is 37.4. The number of ether oxygens (including phenoxy) is 6. The van der Waals surface area contributed by atoms with Gasteiger partial charge in [-0.1, -0.05) is 32.9 Å². The number of anilines is 6. The van der Waals surface area contributed by atoms with E-state index in [-0.39, 0.29) is 17.7 Å². The lowest BCUT2D eigenvalue weighted by molar-refractivity contribution is -0.123. The van der Waals surface area contributed by atoms with Gasteiger partial charge < -0.3 is 64.3 Å². The number of aromatic nitrogens is 12. The first kappa shape index (κ1) is 77.6. The van der Waals surface area contributed by atoms with Gasteiger partial charge in [0.05, 0.1) is 148 Å². The third-order valence-corrected chi connectivity index (χ3v) is 19.9. The summed E-state index contributed by atoms with van der Waals surface area (Å²) in [7, 11) is 15.6. The van der Waals surface area contributed by atoms with Gasteiger partial charge in [0.2, 0.25) is 5.91 Å². The van der Waals surface area contributed by atoms with Crippen LogP contribution in [0.5, 0.6) is 34.5 Å². The van der Waals surface area contributed by atoms with E-state index in [0.717, 1.165) is 184 Å². The van der Waals surface area contributed by atoms with Crippen LogP contribution >= 0.6 is 0 Å². The van der Waals surface area contributed by atoms with Crippen molar-refractivity contribution >= 4 is 78.8 Å². The molecule has 7 heterocycles. The highest BCUT2D eigenvalue weighted by molar-refractivity contribution is 5.93. The van der Waals surface area contributed by atoms with Crippen molar-refractivity contribution in [2.75, 3.05) is 90.1 Å². The van der Waals surface area contributed by atoms with E-state index in [9.17, 15) is 10.0 Å². The second kappa shape index (κ2) is 35.8. The van der Waals surface area contributed by atoms with Crippen LogP contribution in [0.4, 0.5) is 34.1 Å². The molecule has 0 spiro atoms. The lowest BCUT2D eigenvalue weighted by Gasteiger charge is -2.39. The lowest BCUT2D eigenvalue weighted by atomic mass is 9.89. The molecule has 574 valence electrons. The molecule has 14 rings (SSSR count). The third-order valence-electron chi connectivity index (χ3n) is 19.9. The minimum Gasteiger partial charge on any atom is -0.497 e. The smallest absolute Gasteiger partial charge is 0.221 e. The molecule has 1 unspecified atom stereocenters. The Hall–Kier alpha value is -12.0. The van der Waals surface area contributed by atoms with Crippen LogP contribution in [0, 0.1) is 11.8 Å². The monoisotopic (exact) mass is 1490 g/mol. The van der Waals surface area contributed by atoms with Gasteiger partial charge in [-0.15, -0.1) is 0 Å². The number of primary amides is 1. The SMILES string of the molecule is COc1cc(OC)cc(N(C/C(=N\O)C(C)C)c2ccc3ncc(-c4cnn(C)c4)nc3c2)c1.COc1cc(OC)cc(N(CCCN2CCCC(C(N)=O)C2)c2ccc3ncc(-c4cnn(C)c4)nc3c2)c1.COc1cc(OC)cc(N(c2ccc3ncc(-c4cnn(C)c4)nc3c2)C2CCC(NC(C)C)CC2)c1. The third kappa shape index (κ3) is 19.1. The molecule has 6 aromatic heterocycles. The molecule has 1 aliphatic heterocycles. The molecule has 0 bridgehead atoms. The van der Waals surface area contributed by atoms with Crippen LogP contribution in [-0.4, -0.2) is 174 Å². The molecule has 1 atom stereocenters. The van der Waals surface area contributed by atoms with Crippen molar-refractivity contribution in [1.29, 1.82) is 0 Å². The van der Waals surface area contributed by atoms with Crippen LogP contribution in [-0.2, 0) is 25.9 Å². The fourth-order valence-corrected chi connectivity index (χ4v) is 14.1. The number of methoxy groups -OCH3 is 6. The summed E-state index contributed by atoms with van der Waals surface area (Å²) in [6.45, 7) is 12.1. The number of oxime groups is 1. The van der Waals surface area contributed by atoms with Gasteiger partial charge in [-0.3, -0.25) is 33.8 Å². The summed E-state index contributed by atoms with van der Waals surface area (Å²) in [4.78, 5) is 49.4. The zero-order chi connectivity index (χ0) is 77.5. The molecule has 27 heteroatoms. The summed E-state index contributed by atoms with van der Waals surface area (Å²) >= 11 is 0. The standard InChI is InChI=1S/C29H35N7O3.C29H36N6O2.C25H28N6O3/c1-34-18-21(16-32-34)28-17-31-26-8-7-22(14-27(26)33-28)36(23-12-24(38-2)15-25(13-23)39-3)11-5-10-35-9-4-6-20(19-35)29(30)37;1-19(2)32-21-6-8-22(9-7-21)35(24-12-25(36-4)15-26(13-24)37-5)23-10-11-27-28(14-23)33-29(17-30-27)20-16-31-34(3)18-20;1-16(2)25(29-32)15-31(19-8-20(33-4)11-21(9-19)34-5)18-6-7-22-23(10-18)28-24(13-26-22)17-12-27-30(3)14-17/h7-8,12-18,20H,4-6,9-11,19H2,1-3H3,(H2,30,37);10-19,21-22,32H,6-9H2,1-5H3;6-14,16,32H,15H2,1-5H3/b;;29-25+. The van der Waals surface area contributed by atoms with Gasteiger partial charge in [-0.2, -0.15) is 15.3 Å². The fraction of sp³-hybridized carbons (Fsp3) is 0.361. The predicted molar refractivity (Wildman–Crippen MR) is 431 cm³/mol. The first-order valence-electron chi connectivity index (χ1n) is 37.1. The van der Waals surface area contributed by atoms with E-state index in [1.807, 2.05) is 138 Å². The second-order valence-electron chi connectivity index (χ2n) is 28.3. The number of amides is 1. The summed E-state index contributed by atoms with van der Waals surface area (Å²) in [5, 5.41) is 29.7. The average Bonchev–Trinajstić information content (AvgIpc) is 0.924. The molecule has 110 heavy (non-hydrogen) atoms. The Morgan fingerprint density at radius 2 is 0.927 bits per heavy atom. The highest BCUT2D eigenvalue weighted by atomic mass is 16.5. The molecule has 4 N–H and O–H groups in total. The summed E-state index contributed by atoms with van der Waals surface area (Å²) in [6.07, 6.45) is 23.7. The number of nitrogens with zero attached hydrogens (tertiary/aromatic N) is 17. The highest BCUT2D eigenvalue weighted by Crippen LogP contribution is 2.41. The number of carbonyl (C=O) groups excluding carboxylic acids is 1. The fourth-order valence-electron chi connectivity index (χ4n) is 14.1. The van der Waals surface area contributed by atoms with E-state index >= 15 is 0 Å². The van der Waals surface area contributed by atoms with Crippen molar-refractivity contribution in [2.24, 2.45) is 43.9 Å². The quantitative estimate of drug-likeness (QED) is 0.0258. The molecule has 1 saturated heterocycles. The zero-order valence-electron chi connectivity index (χ0n) is 64.9. The van der Waals surface area contributed by atoms with Crippen molar-refractivity contribution in [1.82, 2.24) is 69.5 Å². The minimum absolute atomic E-state index is 0.0532. The molecule has 1 amide bonds. The highest BCUT2D eigenvalue weighted by Gasteiger charge is 2.30. The van der Waals surface area contributed by atoms with E-state index in [1.54, 1.807) is 81.5 Å². The van der Waals surface area contributed by atoms with Crippen LogP contribution in [0.1, 0.15) is 72.6 Å². The normalized spacial score (nSPS) is 15.2. The van der Waals surface area contributed by atoms with Crippen molar-refractivity contribution in [3.05, 3.63) is 165 Å². The topological polar surface area (TPSA) is 287 Å². The van der Waals surface area contributed by atoms with Crippen molar-refractivity contribution in [2.45, 2.75) is 90.8 Å². The van der Waals surface area contributed by atoms with Crippen LogP contribution in [0.3, 0.4) is 0 Å². The first-order valence-corrected chi connectivity index (χ1v) is 37.1. The maximum atomic E-state index is 11.7. The Labute approximate surface area is 641 Å². The molecule has 0 radical (unpaired) electrons. The number of nitrogens with one attached hydrogen (secondary N) is 1. The zero-order valence-corrected chi connectivity index (χ0v) is 64.9. The Bertz CT molecular complexity index is 5080. The molecule has 6 aromatic carbocycles. The Balaban J connectivity index is 0.000000154. The summed E-state index contributed by atoms with van der Waals surface area (Å²) < 4.78 is 38.6. The number of aryl methyl sites for hydroxylation is 3. The number of nitrogens with two attached hydrogens (primary N) is 1. The minimum atomic E-state index is -0.201. The molecular formula is C83H99N19O8. The summed E-state index contributed by atoms with van der Waals surface area (Å²) in [5.74, 6) is 4.08. The van der Waals surface area contributed by atoms with E-state index in [1.165, 1.54) is 0 Å². The van der Waals surface area contributed by atoms with Crippen LogP contribution < -0.4 is 54.2 Å². The van der Waals surface area contributed by atoms with Gasteiger partial charge in [0.25, 0.3) is 0 Å². The van der Waals surface area contributed by atoms with Crippen molar-refractivity contribution in [3.8, 4) is 68.3 Å². The van der Waals surface area contributed by atoms with E-state index in [2.05, 4.69) is 112 Å². The maximum absolute atomic E-state index is 11.7. The maximum Gasteiger partial charge on any atom is 0.221 e. The van der Waals surface area contributed by atoms with Crippen molar-refractivity contribution < 1.29 is 38.4 Å². The molecular weight excluding hydrogens is 1390 g/mol. The number of likely N-dealkylation sites (tertiary alicyclic amines) is 1. The largest absolute Gasteiger partial charge is 0.497 e.